The molecule has 2 atom stereocenters. The molecular weight excluding hydrogens is 198 g/mol. The first-order chi connectivity index (χ1) is 7.66. The molecule has 1 fully saturated rings. The Morgan fingerprint density at radius 2 is 1.94 bits per heavy atom. The molecular formula is C14H21NO. The van der Waals surface area contributed by atoms with Crippen LogP contribution in [0.2, 0.25) is 0 Å². The molecule has 2 rings (SSSR count). The highest BCUT2D eigenvalue weighted by molar-refractivity contribution is 5.53. The van der Waals surface area contributed by atoms with E-state index in [4.69, 9.17) is 0 Å². The van der Waals surface area contributed by atoms with E-state index in [0.717, 1.165) is 19.3 Å². The number of nitrogens with one attached hydrogen (secondary N) is 1. The summed E-state index contributed by atoms with van der Waals surface area (Å²) in [5.74, 6) is 0. The fraction of sp³-hybridized carbons (Fsp3) is 0.571. The van der Waals surface area contributed by atoms with Crippen molar-refractivity contribution in [1.29, 1.82) is 0 Å². The first kappa shape index (κ1) is 11.5. The Morgan fingerprint density at radius 3 is 2.69 bits per heavy atom. The van der Waals surface area contributed by atoms with Gasteiger partial charge in [0.05, 0.1) is 12.1 Å². The van der Waals surface area contributed by atoms with Crippen LogP contribution in [-0.2, 0) is 0 Å². The molecule has 88 valence electrons. The fourth-order valence-corrected chi connectivity index (χ4v) is 2.37. The van der Waals surface area contributed by atoms with Gasteiger partial charge in [-0.15, -0.1) is 0 Å². The first-order valence-electron chi connectivity index (χ1n) is 6.18. The second-order valence-electron chi connectivity index (χ2n) is 4.92. The first-order valence-corrected chi connectivity index (χ1v) is 6.18. The molecule has 2 nitrogen and oxygen atoms in total. The molecule has 0 saturated heterocycles. The third kappa shape index (κ3) is 2.56. The molecule has 1 saturated carbocycles. The van der Waals surface area contributed by atoms with Gasteiger partial charge in [0.2, 0.25) is 0 Å². The van der Waals surface area contributed by atoms with E-state index >= 15 is 0 Å². The highest BCUT2D eigenvalue weighted by Gasteiger charge is 2.22. The van der Waals surface area contributed by atoms with Crippen molar-refractivity contribution < 1.29 is 5.11 Å². The lowest BCUT2D eigenvalue weighted by Gasteiger charge is -2.29. The summed E-state index contributed by atoms with van der Waals surface area (Å²) in [6.07, 6.45) is 4.21. The monoisotopic (exact) mass is 219 g/mol. The van der Waals surface area contributed by atoms with E-state index < -0.39 is 0 Å². The van der Waals surface area contributed by atoms with Crippen molar-refractivity contribution in [2.24, 2.45) is 0 Å². The van der Waals surface area contributed by atoms with Crippen molar-refractivity contribution in [3.63, 3.8) is 0 Å². The maximum atomic E-state index is 9.93. The predicted octanol–water partition coefficient (Wildman–Crippen LogP) is 3.02. The van der Waals surface area contributed by atoms with Crippen molar-refractivity contribution in [2.75, 3.05) is 5.32 Å². The highest BCUT2D eigenvalue weighted by atomic mass is 16.3. The lowest BCUT2D eigenvalue weighted by atomic mass is 9.92. The van der Waals surface area contributed by atoms with Crippen molar-refractivity contribution in [3.8, 4) is 0 Å². The summed E-state index contributed by atoms with van der Waals surface area (Å²) in [4.78, 5) is 0. The van der Waals surface area contributed by atoms with Gasteiger partial charge < -0.3 is 10.4 Å². The number of hydrogen-bond acceptors (Lipinski definition) is 2. The van der Waals surface area contributed by atoms with Crippen LogP contribution in [0, 0.1) is 13.8 Å². The maximum absolute atomic E-state index is 9.93. The summed E-state index contributed by atoms with van der Waals surface area (Å²) >= 11 is 0. The van der Waals surface area contributed by atoms with E-state index in [2.05, 4.69) is 37.4 Å². The average molecular weight is 219 g/mol. The van der Waals surface area contributed by atoms with E-state index in [1.807, 2.05) is 0 Å². The summed E-state index contributed by atoms with van der Waals surface area (Å²) in [6, 6.07) is 6.65. The minimum Gasteiger partial charge on any atom is -0.391 e. The Hall–Kier alpha value is -1.02. The topological polar surface area (TPSA) is 32.3 Å². The Balaban J connectivity index is 2.10. The van der Waals surface area contributed by atoms with Gasteiger partial charge in [-0.3, -0.25) is 0 Å². The number of hydrogen-bond donors (Lipinski definition) is 2. The Morgan fingerprint density at radius 1 is 1.19 bits per heavy atom. The quantitative estimate of drug-likeness (QED) is 0.801. The van der Waals surface area contributed by atoms with Gasteiger partial charge >= 0.3 is 0 Å². The van der Waals surface area contributed by atoms with Gasteiger partial charge in [0, 0.05) is 5.69 Å². The van der Waals surface area contributed by atoms with E-state index in [-0.39, 0.29) is 12.1 Å². The van der Waals surface area contributed by atoms with Gasteiger partial charge in [0.15, 0.2) is 0 Å². The molecule has 0 amide bonds. The lowest BCUT2D eigenvalue weighted by Crippen LogP contribution is -2.36. The Kier molecular flexibility index (Phi) is 3.49. The van der Waals surface area contributed by atoms with Gasteiger partial charge in [-0.1, -0.05) is 25.0 Å². The number of aliphatic hydroxyl groups excluding tert-OH is 1. The number of benzene rings is 1. The van der Waals surface area contributed by atoms with Gasteiger partial charge in [-0.25, -0.2) is 0 Å². The third-order valence-corrected chi connectivity index (χ3v) is 3.46. The Bertz CT molecular complexity index is 362. The van der Waals surface area contributed by atoms with E-state index in [0.29, 0.717) is 0 Å². The molecule has 2 N–H and O–H groups in total. The van der Waals surface area contributed by atoms with E-state index in [1.165, 1.54) is 23.2 Å². The van der Waals surface area contributed by atoms with E-state index in [1.54, 1.807) is 0 Å². The third-order valence-electron chi connectivity index (χ3n) is 3.46. The molecule has 1 aliphatic rings. The molecule has 0 aromatic heterocycles. The molecule has 0 aliphatic heterocycles. The minimum atomic E-state index is -0.186. The van der Waals surface area contributed by atoms with Crippen LogP contribution in [0.15, 0.2) is 18.2 Å². The van der Waals surface area contributed by atoms with Crippen molar-refractivity contribution in [2.45, 2.75) is 51.7 Å². The van der Waals surface area contributed by atoms with E-state index in [9.17, 15) is 5.11 Å². The van der Waals surface area contributed by atoms with Crippen LogP contribution in [0.4, 0.5) is 5.69 Å². The smallest absolute Gasteiger partial charge is 0.0741 e. The predicted molar refractivity (Wildman–Crippen MR) is 67.8 cm³/mol. The normalized spacial score (nSPS) is 25.4. The summed E-state index contributed by atoms with van der Waals surface area (Å²) in [5.41, 5.74) is 3.69. The summed E-state index contributed by atoms with van der Waals surface area (Å²) in [5, 5.41) is 13.4. The summed E-state index contributed by atoms with van der Waals surface area (Å²) < 4.78 is 0. The molecule has 2 heteroatoms. The SMILES string of the molecule is Cc1ccc(C)c(N[C@@H]2CCCC[C@H]2O)c1. The number of aliphatic hydroxyl groups is 1. The van der Waals surface area contributed by atoms with Crippen molar-refractivity contribution >= 4 is 5.69 Å². The zero-order valence-corrected chi connectivity index (χ0v) is 10.2. The van der Waals surface area contributed by atoms with Crippen LogP contribution in [-0.4, -0.2) is 17.3 Å². The van der Waals surface area contributed by atoms with Crippen LogP contribution in [0.5, 0.6) is 0 Å². The highest BCUT2D eigenvalue weighted by Crippen LogP contribution is 2.24. The molecule has 1 aliphatic carbocycles. The minimum absolute atomic E-state index is 0.186. The summed E-state index contributed by atoms with van der Waals surface area (Å²) in [6.45, 7) is 4.21. The van der Waals surface area contributed by atoms with Crippen LogP contribution in [0.3, 0.4) is 0 Å². The average Bonchev–Trinajstić information content (AvgIpc) is 2.27. The number of anilines is 1. The van der Waals surface area contributed by atoms with Crippen LogP contribution in [0.25, 0.3) is 0 Å². The van der Waals surface area contributed by atoms with Crippen LogP contribution < -0.4 is 5.32 Å². The zero-order valence-electron chi connectivity index (χ0n) is 10.2. The molecule has 0 radical (unpaired) electrons. The van der Waals surface area contributed by atoms with Crippen LogP contribution in [0.1, 0.15) is 36.8 Å². The number of rotatable bonds is 2. The molecule has 0 spiro atoms. The molecule has 16 heavy (non-hydrogen) atoms. The lowest BCUT2D eigenvalue weighted by molar-refractivity contribution is 0.116. The van der Waals surface area contributed by atoms with Crippen molar-refractivity contribution in [1.82, 2.24) is 0 Å². The Labute approximate surface area is 97.7 Å². The maximum Gasteiger partial charge on any atom is 0.0741 e. The second kappa shape index (κ2) is 4.88. The molecule has 1 aromatic carbocycles. The second-order valence-corrected chi connectivity index (χ2v) is 4.92. The molecule has 1 aromatic rings. The standard InChI is InChI=1S/C14H21NO/c1-10-7-8-11(2)13(9-10)15-12-5-3-4-6-14(12)16/h7-9,12,14-16H,3-6H2,1-2H3/t12-,14-/m1/s1. The largest absolute Gasteiger partial charge is 0.391 e. The van der Waals surface area contributed by atoms with Gasteiger partial charge in [-0.05, 0) is 43.9 Å². The van der Waals surface area contributed by atoms with Gasteiger partial charge in [0.25, 0.3) is 0 Å². The van der Waals surface area contributed by atoms with Gasteiger partial charge in [0.1, 0.15) is 0 Å². The number of aryl methyl sites for hydroxylation is 2. The molecule has 0 heterocycles. The summed E-state index contributed by atoms with van der Waals surface area (Å²) in [7, 11) is 0. The van der Waals surface area contributed by atoms with Gasteiger partial charge in [-0.2, -0.15) is 0 Å². The molecule has 0 unspecified atom stereocenters. The van der Waals surface area contributed by atoms with Crippen molar-refractivity contribution in [3.05, 3.63) is 29.3 Å². The fourth-order valence-electron chi connectivity index (χ4n) is 2.37. The van der Waals surface area contributed by atoms with Crippen LogP contribution >= 0.6 is 0 Å². The zero-order chi connectivity index (χ0) is 11.5. The molecule has 0 bridgehead atoms.